The number of Topliss-reactive ketones (excluding diaryl/α,β-unsaturated/α-hetero) is 1. The van der Waals surface area contributed by atoms with Crippen LogP contribution in [0.3, 0.4) is 0 Å². The SMILES string of the molecule is CC12CC3C4C(CC41C2)C31OCC(COC(=O)C23CC4CC2C2(CC2C4=O)C3)CO1. The smallest absolute Gasteiger partial charge is 0.312 e. The molecular formula is C25H30O5. The molecule has 0 radical (unpaired) electrons. The first-order valence-corrected chi connectivity index (χ1v) is 12.4. The van der Waals surface area contributed by atoms with Gasteiger partial charge in [-0.15, -0.1) is 0 Å². The third kappa shape index (κ3) is 1.39. The van der Waals surface area contributed by atoms with Crippen LogP contribution in [-0.4, -0.2) is 37.4 Å². The monoisotopic (exact) mass is 410 g/mol. The summed E-state index contributed by atoms with van der Waals surface area (Å²) in [5, 5.41) is 0. The fraction of sp³-hybridized carbons (Fsp3) is 0.920. The second-order valence-electron chi connectivity index (χ2n) is 13.3. The predicted molar refractivity (Wildman–Crippen MR) is 103 cm³/mol. The van der Waals surface area contributed by atoms with Crippen molar-refractivity contribution in [1.82, 2.24) is 0 Å². The molecule has 0 N–H and O–H groups in total. The van der Waals surface area contributed by atoms with Crippen LogP contribution in [0.2, 0.25) is 0 Å². The van der Waals surface area contributed by atoms with Crippen LogP contribution in [0.5, 0.6) is 0 Å². The predicted octanol–water partition coefficient (Wildman–Crippen LogP) is 2.96. The van der Waals surface area contributed by atoms with Crippen molar-refractivity contribution >= 4 is 11.8 Å². The molecule has 2 bridgehead atoms. The van der Waals surface area contributed by atoms with Gasteiger partial charge in [-0.2, -0.15) is 0 Å². The molecule has 1 aliphatic heterocycles. The van der Waals surface area contributed by atoms with E-state index in [0.29, 0.717) is 54.2 Å². The molecule has 9 rings (SSSR count). The first-order valence-electron chi connectivity index (χ1n) is 12.4. The molecule has 0 amide bonds. The van der Waals surface area contributed by atoms with E-state index >= 15 is 0 Å². The zero-order valence-electron chi connectivity index (χ0n) is 17.7. The molecule has 1 heterocycles. The van der Waals surface area contributed by atoms with E-state index in [2.05, 4.69) is 6.92 Å². The van der Waals surface area contributed by atoms with Gasteiger partial charge in [0.15, 0.2) is 5.79 Å². The van der Waals surface area contributed by atoms with Crippen LogP contribution in [0.1, 0.15) is 51.9 Å². The minimum absolute atomic E-state index is 0.0327. The number of carbonyl (C=O) groups excluding carboxylic acids is 2. The maximum atomic E-state index is 13.1. The number of hydrogen-bond acceptors (Lipinski definition) is 5. The van der Waals surface area contributed by atoms with Gasteiger partial charge in [-0.3, -0.25) is 9.59 Å². The molecule has 30 heavy (non-hydrogen) atoms. The fourth-order valence-corrected chi connectivity index (χ4v) is 11.1. The minimum atomic E-state index is -0.342. The summed E-state index contributed by atoms with van der Waals surface area (Å²) in [4.78, 5) is 25.6. The van der Waals surface area contributed by atoms with Crippen molar-refractivity contribution in [2.24, 2.45) is 63.1 Å². The Labute approximate surface area is 176 Å². The Kier molecular flexibility index (Phi) is 2.39. The number of hydrogen-bond donors (Lipinski definition) is 0. The molecule has 160 valence electrons. The molecule has 10 atom stereocenters. The Morgan fingerprint density at radius 3 is 2.73 bits per heavy atom. The van der Waals surface area contributed by atoms with Gasteiger partial charge in [-0.25, -0.2) is 0 Å². The van der Waals surface area contributed by atoms with E-state index in [1.165, 1.54) is 19.3 Å². The lowest BCUT2D eigenvalue weighted by Crippen LogP contribution is -2.73. The molecule has 0 aromatic rings. The van der Waals surface area contributed by atoms with Crippen molar-refractivity contribution in [3.8, 4) is 0 Å². The minimum Gasteiger partial charge on any atom is -0.465 e. The highest BCUT2D eigenvalue weighted by Gasteiger charge is 2.91. The Balaban J connectivity index is 0.857. The fourth-order valence-electron chi connectivity index (χ4n) is 11.1. The molecule has 1 saturated heterocycles. The second kappa shape index (κ2) is 4.31. The Bertz CT molecular complexity index is 951. The molecule has 0 aromatic carbocycles. The topological polar surface area (TPSA) is 61.8 Å². The van der Waals surface area contributed by atoms with Gasteiger partial charge in [0.25, 0.3) is 0 Å². The van der Waals surface area contributed by atoms with Gasteiger partial charge < -0.3 is 14.2 Å². The van der Waals surface area contributed by atoms with E-state index in [9.17, 15) is 9.59 Å². The van der Waals surface area contributed by atoms with Crippen molar-refractivity contribution in [3.63, 3.8) is 0 Å². The number of esters is 1. The summed E-state index contributed by atoms with van der Waals surface area (Å²) >= 11 is 0. The molecule has 5 heteroatoms. The standard InChI is InChI=1S/C25H30O5/c1-21-4-14-18-15(6-24(18,21)10-21)25(14)29-8-12(9-30-25)7-28-20(27)23-3-13-2-17(23)22(11-23)5-16(22)19(13)26/h12-18H,2-11H2,1H3. The number of ether oxygens (including phenoxy) is 3. The molecule has 9 fully saturated rings. The van der Waals surface area contributed by atoms with Crippen LogP contribution in [0.4, 0.5) is 0 Å². The normalized spacial score (nSPS) is 68.7. The van der Waals surface area contributed by atoms with Crippen molar-refractivity contribution in [2.45, 2.75) is 57.7 Å². The van der Waals surface area contributed by atoms with Crippen molar-refractivity contribution in [1.29, 1.82) is 0 Å². The third-order valence-electron chi connectivity index (χ3n) is 12.5. The highest BCUT2D eigenvalue weighted by molar-refractivity contribution is 5.94. The lowest BCUT2D eigenvalue weighted by molar-refractivity contribution is -0.425. The highest BCUT2D eigenvalue weighted by atomic mass is 16.7. The van der Waals surface area contributed by atoms with E-state index in [1.807, 2.05) is 0 Å². The summed E-state index contributed by atoms with van der Waals surface area (Å²) in [7, 11) is 0. The van der Waals surface area contributed by atoms with E-state index < -0.39 is 0 Å². The van der Waals surface area contributed by atoms with Gasteiger partial charge >= 0.3 is 5.97 Å². The Hall–Kier alpha value is -0.940. The van der Waals surface area contributed by atoms with E-state index in [0.717, 1.165) is 31.6 Å². The molecule has 5 nitrogen and oxygen atoms in total. The summed E-state index contributed by atoms with van der Waals surface area (Å²) in [6, 6.07) is 0. The Morgan fingerprint density at radius 2 is 1.90 bits per heavy atom. The molecular weight excluding hydrogens is 380 g/mol. The van der Waals surface area contributed by atoms with Gasteiger partial charge in [-0.05, 0) is 73.0 Å². The van der Waals surface area contributed by atoms with Gasteiger partial charge in [-0.1, -0.05) is 6.92 Å². The summed E-state index contributed by atoms with van der Waals surface area (Å²) in [5.41, 5.74) is 1.09. The van der Waals surface area contributed by atoms with Gasteiger partial charge in [0.2, 0.25) is 0 Å². The maximum Gasteiger partial charge on any atom is 0.312 e. The first kappa shape index (κ1) is 16.7. The number of ketones is 1. The zero-order chi connectivity index (χ0) is 19.9. The Morgan fingerprint density at radius 1 is 1.10 bits per heavy atom. The average Bonchev–Trinajstić information content (AvgIpc) is 3.56. The number of fused-ring (bicyclic) bond motifs is 3. The lowest BCUT2D eigenvalue weighted by atomic mass is 9.44. The van der Waals surface area contributed by atoms with E-state index in [4.69, 9.17) is 14.2 Å². The third-order valence-corrected chi connectivity index (χ3v) is 12.5. The summed E-state index contributed by atoms with van der Waals surface area (Å²) < 4.78 is 18.7. The van der Waals surface area contributed by atoms with Gasteiger partial charge in [0, 0.05) is 29.6 Å². The van der Waals surface area contributed by atoms with Crippen LogP contribution in [0, 0.1) is 63.1 Å². The van der Waals surface area contributed by atoms with Gasteiger partial charge in [0.1, 0.15) is 5.78 Å². The van der Waals surface area contributed by atoms with E-state index in [-0.39, 0.29) is 40.3 Å². The zero-order valence-corrected chi connectivity index (χ0v) is 17.7. The molecule has 10 unspecified atom stereocenters. The van der Waals surface area contributed by atoms with Crippen LogP contribution in [0.25, 0.3) is 0 Å². The van der Waals surface area contributed by atoms with Crippen LogP contribution in [0.15, 0.2) is 0 Å². The molecule has 3 spiro atoms. The number of rotatable bonds is 3. The largest absolute Gasteiger partial charge is 0.465 e. The average molecular weight is 411 g/mol. The molecule has 0 aromatic heterocycles. The summed E-state index contributed by atoms with van der Waals surface area (Å²) in [5.74, 6) is 3.15. The van der Waals surface area contributed by atoms with Crippen LogP contribution >= 0.6 is 0 Å². The first-order chi connectivity index (χ1) is 14.4. The second-order valence-corrected chi connectivity index (χ2v) is 13.3. The van der Waals surface area contributed by atoms with Crippen LogP contribution < -0.4 is 0 Å². The van der Waals surface area contributed by atoms with E-state index in [1.54, 1.807) is 0 Å². The van der Waals surface area contributed by atoms with Crippen LogP contribution in [-0.2, 0) is 23.8 Å². The van der Waals surface area contributed by atoms with Crippen molar-refractivity contribution in [2.75, 3.05) is 19.8 Å². The van der Waals surface area contributed by atoms with Crippen molar-refractivity contribution < 1.29 is 23.8 Å². The molecule has 9 aliphatic rings. The van der Waals surface area contributed by atoms with Crippen molar-refractivity contribution in [3.05, 3.63) is 0 Å². The molecule has 8 saturated carbocycles. The number of carbonyl (C=O) groups is 2. The lowest BCUT2D eigenvalue weighted by Gasteiger charge is -2.68. The highest BCUT2D eigenvalue weighted by Crippen LogP contribution is 2.93. The quantitative estimate of drug-likeness (QED) is 0.670. The molecule has 8 aliphatic carbocycles. The summed E-state index contributed by atoms with van der Waals surface area (Å²) in [6.45, 7) is 4.18. The maximum absolute atomic E-state index is 13.1. The van der Waals surface area contributed by atoms with Gasteiger partial charge in [0.05, 0.1) is 25.2 Å². The summed E-state index contributed by atoms with van der Waals surface area (Å²) in [6.07, 6.45) is 7.65.